The molecule has 0 saturated heterocycles. The first-order valence-corrected chi connectivity index (χ1v) is 14.1. The molecule has 0 aliphatic carbocycles. The average Bonchev–Trinajstić information content (AvgIpc) is 3.30. The van der Waals surface area contributed by atoms with E-state index < -0.39 is 0 Å². The van der Waals surface area contributed by atoms with E-state index in [9.17, 15) is 0 Å². The fourth-order valence-corrected chi connectivity index (χ4v) is 6.66. The van der Waals surface area contributed by atoms with Crippen molar-refractivity contribution in [2.45, 2.75) is 26.3 Å². The van der Waals surface area contributed by atoms with E-state index in [0.29, 0.717) is 5.84 Å². The van der Waals surface area contributed by atoms with Gasteiger partial charge >= 0.3 is 0 Å². The second-order valence-electron chi connectivity index (χ2n) is 10.2. The number of thiazole rings is 1. The van der Waals surface area contributed by atoms with Crippen molar-refractivity contribution in [3.63, 3.8) is 0 Å². The second kappa shape index (κ2) is 10.1. The number of aromatic nitrogens is 1. The third kappa shape index (κ3) is 4.39. The summed E-state index contributed by atoms with van der Waals surface area (Å²) in [5.41, 5.74) is 7.68. The topological polar surface area (TPSA) is 37.5 Å². The lowest BCUT2D eigenvalue weighted by Crippen LogP contribution is -2.39. The lowest BCUT2D eigenvalue weighted by molar-refractivity contribution is -0.671. The van der Waals surface area contributed by atoms with Crippen molar-refractivity contribution in [1.82, 2.24) is 9.80 Å². The van der Waals surface area contributed by atoms with Crippen molar-refractivity contribution >= 4 is 50.4 Å². The molecule has 6 heteroatoms. The van der Waals surface area contributed by atoms with Crippen LogP contribution in [-0.2, 0) is 13.0 Å². The van der Waals surface area contributed by atoms with Gasteiger partial charge < -0.3 is 9.80 Å². The summed E-state index contributed by atoms with van der Waals surface area (Å²) in [4.78, 5) is 6.67. The zero-order valence-electron chi connectivity index (χ0n) is 22.3. The van der Waals surface area contributed by atoms with Crippen LogP contribution in [0.25, 0.3) is 21.9 Å². The molecule has 1 aromatic heterocycles. The molecule has 192 valence electrons. The molecule has 3 heterocycles. The van der Waals surface area contributed by atoms with Crippen LogP contribution in [0, 0.1) is 5.41 Å². The van der Waals surface area contributed by atoms with Gasteiger partial charge in [0.1, 0.15) is 10.5 Å². The smallest absolute Gasteiger partial charge is 0.263 e. The maximum Gasteiger partial charge on any atom is 0.263 e. The van der Waals surface area contributed by atoms with Gasteiger partial charge in [-0.25, -0.2) is 0 Å². The Morgan fingerprint density at radius 3 is 2.61 bits per heavy atom. The molecule has 2 aliphatic rings. The Balaban J connectivity index is 1.49. The van der Waals surface area contributed by atoms with Crippen LogP contribution in [0.5, 0.6) is 0 Å². The number of para-hydroxylation sites is 3. The highest BCUT2D eigenvalue weighted by atomic mass is 32.1. The number of hydrogen-bond donors (Lipinski definition) is 1. The number of fused-ring (bicyclic) bond motifs is 1. The van der Waals surface area contributed by atoms with Gasteiger partial charge in [0.05, 0.1) is 11.5 Å². The van der Waals surface area contributed by atoms with Crippen LogP contribution in [0.15, 0.2) is 84.7 Å². The molecule has 3 aromatic carbocycles. The van der Waals surface area contributed by atoms with Gasteiger partial charge in [-0.1, -0.05) is 59.9 Å². The van der Waals surface area contributed by atoms with Gasteiger partial charge in [0.25, 0.3) is 5.01 Å². The Hall–Kier alpha value is -3.90. The number of nitrogens with zero attached hydrogens (tertiary/aromatic N) is 4. The Bertz CT molecular complexity index is 1570. The van der Waals surface area contributed by atoms with Gasteiger partial charge in [-0.2, -0.15) is 4.57 Å². The highest BCUT2D eigenvalue weighted by Gasteiger charge is 2.29. The fraction of sp³-hybridized carbons (Fsp3) is 0.250. The minimum absolute atomic E-state index is 0.581. The van der Waals surface area contributed by atoms with Crippen LogP contribution in [0.4, 0.5) is 11.4 Å². The highest BCUT2D eigenvalue weighted by Crippen LogP contribution is 2.42. The maximum atomic E-state index is 7.99. The van der Waals surface area contributed by atoms with Crippen LogP contribution < -0.4 is 9.47 Å². The molecule has 0 spiro atoms. The van der Waals surface area contributed by atoms with Gasteiger partial charge in [-0.05, 0) is 49.3 Å². The van der Waals surface area contributed by atoms with Crippen LogP contribution in [0.1, 0.15) is 29.5 Å². The van der Waals surface area contributed by atoms with Crippen molar-refractivity contribution < 1.29 is 4.57 Å². The van der Waals surface area contributed by atoms with E-state index in [1.165, 1.54) is 44.0 Å². The van der Waals surface area contributed by atoms with Crippen LogP contribution >= 0.6 is 11.3 Å². The molecule has 1 N–H and O–H groups in total. The molecule has 0 amide bonds. The molecule has 0 radical (unpaired) electrons. The van der Waals surface area contributed by atoms with Crippen LogP contribution in [0.3, 0.4) is 0 Å². The minimum atomic E-state index is 0.581. The summed E-state index contributed by atoms with van der Waals surface area (Å²) in [6.07, 6.45) is 7.08. The van der Waals surface area contributed by atoms with E-state index in [0.717, 1.165) is 37.6 Å². The average molecular weight is 521 g/mol. The molecule has 0 fully saturated rings. The molecule has 5 nitrogen and oxygen atoms in total. The molecule has 38 heavy (non-hydrogen) atoms. The minimum Gasteiger partial charge on any atom is -0.362 e. The first-order valence-electron chi connectivity index (χ1n) is 13.3. The highest BCUT2D eigenvalue weighted by molar-refractivity contribution is 7.19. The first-order chi connectivity index (χ1) is 18.5. The third-order valence-corrected chi connectivity index (χ3v) is 8.76. The molecule has 2 aliphatic heterocycles. The number of nitrogens with one attached hydrogen (secondary N) is 1. The number of rotatable bonds is 6. The van der Waals surface area contributed by atoms with Crippen molar-refractivity contribution in [3.8, 4) is 0 Å². The summed E-state index contributed by atoms with van der Waals surface area (Å²) >= 11 is 1.89. The van der Waals surface area contributed by atoms with Crippen molar-refractivity contribution in [2.75, 3.05) is 32.1 Å². The molecule has 0 unspecified atom stereocenters. The van der Waals surface area contributed by atoms with E-state index in [2.05, 4.69) is 106 Å². The third-order valence-electron chi connectivity index (χ3n) is 7.66. The van der Waals surface area contributed by atoms with Crippen molar-refractivity contribution in [2.24, 2.45) is 0 Å². The fourth-order valence-electron chi connectivity index (χ4n) is 5.47. The number of allylic oxidation sites excluding steroid dienone is 2. The predicted octanol–water partition coefficient (Wildman–Crippen LogP) is 6.53. The molecule has 4 aromatic rings. The summed E-state index contributed by atoms with van der Waals surface area (Å²) in [5, 5.41) is 9.30. The van der Waals surface area contributed by atoms with Gasteiger partial charge in [-0.3, -0.25) is 10.3 Å². The molecule has 0 atom stereocenters. The monoisotopic (exact) mass is 520 g/mol. The standard InChI is InChI=1S/C32H34N5S/c1-23(33)34(2)19-20-35(3)30-21-25(22-31-36-18-10-12-24-11-9-17-29(38-31)32(24)36)27-15-7-8-16-28(27)37(30)26-13-5-4-6-14-26/h4-9,11,13-17,21-22,33H,10,12,18-20H2,1-3H3/q+1. The zero-order chi connectivity index (χ0) is 26.2. The molecular weight excluding hydrogens is 486 g/mol. The maximum absolute atomic E-state index is 7.99. The summed E-state index contributed by atoms with van der Waals surface area (Å²) in [7, 11) is 4.14. The lowest BCUT2D eigenvalue weighted by Gasteiger charge is -2.38. The van der Waals surface area contributed by atoms with E-state index in [1.807, 2.05) is 30.2 Å². The van der Waals surface area contributed by atoms with Crippen molar-refractivity contribution in [3.05, 3.63) is 101 Å². The quantitative estimate of drug-likeness (QED) is 0.178. The summed E-state index contributed by atoms with van der Waals surface area (Å²) in [6, 6.07) is 26.1. The summed E-state index contributed by atoms with van der Waals surface area (Å²) in [5.74, 6) is 1.72. The molecular formula is C32H34N5S+. The Labute approximate surface area is 229 Å². The van der Waals surface area contributed by atoms with Crippen LogP contribution in [0.2, 0.25) is 0 Å². The molecule has 0 saturated carbocycles. The SMILES string of the molecule is CC(=N)N(C)CCN(C)C1=CC(=Cc2sc3cccc4c3[n+]2CCC4)c2ccccc2N1c1ccccc1. The van der Waals surface area contributed by atoms with Crippen LogP contribution in [-0.4, -0.2) is 42.8 Å². The Kier molecular flexibility index (Phi) is 6.50. The van der Waals surface area contributed by atoms with E-state index in [4.69, 9.17) is 5.41 Å². The Morgan fingerprint density at radius 2 is 1.79 bits per heavy atom. The largest absolute Gasteiger partial charge is 0.362 e. The number of aryl methyl sites for hydroxylation is 2. The normalized spacial score (nSPS) is 15.4. The van der Waals surface area contributed by atoms with E-state index in [1.54, 1.807) is 0 Å². The van der Waals surface area contributed by atoms with Gasteiger partial charge in [0.15, 0.2) is 6.54 Å². The molecule has 0 bridgehead atoms. The number of hydrogen-bond acceptors (Lipinski definition) is 4. The second-order valence-corrected chi connectivity index (χ2v) is 11.2. The first kappa shape index (κ1) is 24.4. The predicted molar refractivity (Wildman–Crippen MR) is 160 cm³/mol. The summed E-state index contributed by atoms with van der Waals surface area (Å²) < 4.78 is 3.90. The number of anilines is 2. The van der Waals surface area contributed by atoms with Gasteiger partial charge in [-0.15, -0.1) is 0 Å². The van der Waals surface area contributed by atoms with Gasteiger partial charge in [0, 0.05) is 56.5 Å². The number of benzene rings is 3. The van der Waals surface area contributed by atoms with Gasteiger partial charge in [0.2, 0.25) is 5.52 Å². The number of likely N-dealkylation sites (N-methyl/N-ethyl adjacent to an activating group) is 2. The zero-order valence-corrected chi connectivity index (χ0v) is 23.1. The molecule has 6 rings (SSSR count). The number of amidine groups is 1. The Morgan fingerprint density at radius 1 is 1.00 bits per heavy atom. The van der Waals surface area contributed by atoms with Crippen molar-refractivity contribution in [1.29, 1.82) is 5.41 Å². The van der Waals surface area contributed by atoms with E-state index in [-0.39, 0.29) is 0 Å². The van der Waals surface area contributed by atoms with E-state index >= 15 is 0 Å². The lowest BCUT2D eigenvalue weighted by atomic mass is 9.97. The summed E-state index contributed by atoms with van der Waals surface area (Å²) in [6.45, 7) is 4.50.